The molecule has 0 aromatic heterocycles. The maximum atomic E-state index is 11.9. The molecule has 2 aliphatic carbocycles. The van der Waals surface area contributed by atoms with E-state index >= 15 is 0 Å². The van der Waals surface area contributed by atoms with Crippen molar-refractivity contribution in [1.29, 1.82) is 0 Å². The lowest BCUT2D eigenvalue weighted by Gasteiger charge is -2.53. The summed E-state index contributed by atoms with van der Waals surface area (Å²) in [6.45, 7) is 17.7. The fourth-order valence-corrected chi connectivity index (χ4v) is 6.18. The van der Waals surface area contributed by atoms with Gasteiger partial charge in [-0.3, -0.25) is 9.69 Å². The van der Waals surface area contributed by atoms with Gasteiger partial charge in [-0.05, 0) is 54.1 Å². The summed E-state index contributed by atoms with van der Waals surface area (Å²) in [5.74, 6) is 1.40. The van der Waals surface area contributed by atoms with Gasteiger partial charge in [-0.25, -0.2) is 0 Å². The summed E-state index contributed by atoms with van der Waals surface area (Å²) in [5, 5.41) is 0. The van der Waals surface area contributed by atoms with Gasteiger partial charge in [0.2, 0.25) is 0 Å². The van der Waals surface area contributed by atoms with E-state index in [1.807, 2.05) is 6.92 Å². The number of rotatable bonds is 6. The highest BCUT2D eigenvalue weighted by molar-refractivity contribution is 5.85. The number of hydrogen-bond donors (Lipinski definition) is 0. The van der Waals surface area contributed by atoms with Crippen molar-refractivity contribution in [2.45, 2.75) is 65.7 Å². The third-order valence-electron chi connectivity index (χ3n) is 9.18. The first-order valence-electron chi connectivity index (χ1n) is 12.5. The molecule has 4 atom stereocenters. The Morgan fingerprint density at radius 1 is 1.12 bits per heavy atom. The Hall–Kier alpha value is -1.26. The lowest BCUT2D eigenvalue weighted by Crippen LogP contribution is -2.50. The lowest BCUT2D eigenvalue weighted by atomic mass is 9.52. The summed E-state index contributed by atoms with van der Waals surface area (Å²) in [5.41, 5.74) is 3.49. The summed E-state index contributed by atoms with van der Waals surface area (Å²) >= 11 is 0. The van der Waals surface area contributed by atoms with Crippen LogP contribution in [0.25, 0.3) is 0 Å². The molecule has 4 rings (SSSR count). The Balaban J connectivity index is 0.00000289. The van der Waals surface area contributed by atoms with Gasteiger partial charge in [0.05, 0.1) is 12.5 Å². The lowest BCUT2D eigenvalue weighted by molar-refractivity contribution is -0.145. The summed E-state index contributed by atoms with van der Waals surface area (Å²) in [6.07, 6.45) is 4.95. The predicted molar refractivity (Wildman–Crippen MR) is 135 cm³/mol. The van der Waals surface area contributed by atoms with Crippen LogP contribution in [0.4, 0.5) is 5.69 Å². The predicted octanol–water partition coefficient (Wildman–Crippen LogP) is 5.53. The molecule has 4 nitrogen and oxygen atoms in total. The number of carbonyl (C=O) groups is 1. The number of benzene rings is 1. The van der Waals surface area contributed by atoms with Gasteiger partial charge in [-0.15, -0.1) is 12.4 Å². The normalized spacial score (nSPS) is 32.2. The maximum absolute atomic E-state index is 11.9. The molecule has 0 N–H and O–H groups in total. The molecule has 5 heteroatoms. The Morgan fingerprint density at radius 2 is 1.81 bits per heavy atom. The van der Waals surface area contributed by atoms with Gasteiger partial charge in [-0.1, -0.05) is 58.7 Å². The average molecular weight is 463 g/mol. The first-order valence-corrected chi connectivity index (χ1v) is 12.5. The molecule has 3 fully saturated rings. The Labute approximate surface area is 201 Å². The summed E-state index contributed by atoms with van der Waals surface area (Å²) in [6, 6.07) is 9.19. The summed E-state index contributed by atoms with van der Waals surface area (Å²) in [4.78, 5) is 17.1. The number of anilines is 1. The van der Waals surface area contributed by atoms with Crippen LogP contribution in [0.15, 0.2) is 24.3 Å². The van der Waals surface area contributed by atoms with E-state index in [4.69, 9.17) is 4.74 Å². The van der Waals surface area contributed by atoms with Crippen molar-refractivity contribution in [1.82, 2.24) is 4.90 Å². The second kappa shape index (κ2) is 9.93. The zero-order valence-corrected chi connectivity index (χ0v) is 21.5. The van der Waals surface area contributed by atoms with Crippen LogP contribution in [0.1, 0.15) is 65.9 Å². The number of hydrogen-bond acceptors (Lipinski definition) is 4. The molecule has 4 unspecified atom stereocenters. The fraction of sp³-hybridized carbons (Fsp3) is 0.741. The molecule has 1 aliphatic heterocycles. The zero-order chi connectivity index (χ0) is 22.2. The van der Waals surface area contributed by atoms with E-state index in [0.717, 1.165) is 45.1 Å². The van der Waals surface area contributed by atoms with Crippen LogP contribution < -0.4 is 4.90 Å². The van der Waals surface area contributed by atoms with E-state index in [1.165, 1.54) is 24.9 Å². The molecule has 1 heterocycles. The van der Waals surface area contributed by atoms with Crippen LogP contribution in [0.5, 0.6) is 0 Å². The molecule has 32 heavy (non-hydrogen) atoms. The fourth-order valence-electron chi connectivity index (χ4n) is 6.18. The second-order valence-corrected chi connectivity index (χ2v) is 11.0. The van der Waals surface area contributed by atoms with E-state index < -0.39 is 0 Å². The first-order chi connectivity index (χ1) is 14.8. The third kappa shape index (κ3) is 4.68. The van der Waals surface area contributed by atoms with Crippen molar-refractivity contribution in [3.8, 4) is 0 Å². The minimum absolute atomic E-state index is 0. The molecule has 2 saturated carbocycles. The van der Waals surface area contributed by atoms with Crippen LogP contribution in [0.2, 0.25) is 0 Å². The van der Waals surface area contributed by atoms with Crippen LogP contribution in [0, 0.1) is 23.2 Å². The van der Waals surface area contributed by atoms with Crippen molar-refractivity contribution < 1.29 is 9.53 Å². The third-order valence-corrected chi connectivity index (χ3v) is 9.18. The molecular weight excluding hydrogens is 420 g/mol. The topological polar surface area (TPSA) is 32.8 Å². The number of esters is 1. The average Bonchev–Trinajstić information content (AvgIpc) is 3.52. The van der Waals surface area contributed by atoms with Gasteiger partial charge < -0.3 is 9.64 Å². The minimum atomic E-state index is 0. The molecule has 3 aliphatic rings. The highest BCUT2D eigenvalue weighted by Crippen LogP contribution is 2.56. The molecule has 0 bridgehead atoms. The summed E-state index contributed by atoms with van der Waals surface area (Å²) in [7, 11) is 0. The zero-order valence-electron chi connectivity index (χ0n) is 20.7. The van der Waals surface area contributed by atoms with Crippen molar-refractivity contribution in [2.24, 2.45) is 23.2 Å². The van der Waals surface area contributed by atoms with Crippen molar-refractivity contribution in [3.63, 3.8) is 0 Å². The van der Waals surface area contributed by atoms with Crippen LogP contribution in [-0.2, 0) is 14.9 Å². The standard InChI is InChI=1S/C27H42N2O2.ClH/c1-6-31-25(30)22-18-21(22)19-28-14-16-29(17-15-28)24-12-8-7-11-23(24)27(5)13-9-10-20(2)26(27,3)4;/h7-8,11-12,20-22H,6,9-10,13-19H2,1-5H3;1H. The molecule has 1 aromatic rings. The number of carbonyl (C=O) groups excluding carboxylic acids is 1. The van der Waals surface area contributed by atoms with Crippen molar-refractivity contribution >= 4 is 24.1 Å². The van der Waals surface area contributed by atoms with Crippen LogP contribution in [0.3, 0.4) is 0 Å². The van der Waals surface area contributed by atoms with Gasteiger partial charge in [0.25, 0.3) is 0 Å². The van der Waals surface area contributed by atoms with Gasteiger partial charge in [0.15, 0.2) is 0 Å². The van der Waals surface area contributed by atoms with Crippen molar-refractivity contribution in [3.05, 3.63) is 29.8 Å². The number of ether oxygens (including phenoxy) is 1. The quantitative estimate of drug-likeness (QED) is 0.520. The Bertz CT molecular complexity index is 790. The smallest absolute Gasteiger partial charge is 0.309 e. The summed E-state index contributed by atoms with van der Waals surface area (Å²) < 4.78 is 5.20. The van der Waals surface area contributed by atoms with Gasteiger partial charge >= 0.3 is 5.97 Å². The minimum Gasteiger partial charge on any atom is -0.466 e. The number of nitrogens with zero attached hydrogens (tertiary/aromatic N) is 2. The highest BCUT2D eigenvalue weighted by atomic mass is 35.5. The van der Waals surface area contributed by atoms with Crippen LogP contribution in [-0.4, -0.2) is 50.2 Å². The Kier molecular flexibility index (Phi) is 7.87. The van der Waals surface area contributed by atoms with Crippen molar-refractivity contribution in [2.75, 3.05) is 44.2 Å². The van der Waals surface area contributed by atoms with E-state index in [-0.39, 0.29) is 35.1 Å². The van der Waals surface area contributed by atoms with Crippen LogP contribution >= 0.6 is 12.4 Å². The van der Waals surface area contributed by atoms with E-state index in [2.05, 4.69) is 61.8 Å². The first kappa shape index (κ1) is 25.4. The molecule has 180 valence electrons. The van der Waals surface area contributed by atoms with Gasteiger partial charge in [0, 0.05) is 38.4 Å². The number of para-hydroxylation sites is 1. The maximum Gasteiger partial charge on any atom is 0.309 e. The molecule has 1 aromatic carbocycles. The van der Waals surface area contributed by atoms with Gasteiger partial charge in [0.1, 0.15) is 0 Å². The number of halogens is 1. The Morgan fingerprint density at radius 3 is 2.50 bits per heavy atom. The molecular formula is C27H43ClN2O2. The van der Waals surface area contributed by atoms with Gasteiger partial charge in [-0.2, -0.15) is 0 Å². The molecule has 0 spiro atoms. The second-order valence-electron chi connectivity index (χ2n) is 11.0. The van der Waals surface area contributed by atoms with E-state index in [9.17, 15) is 4.79 Å². The molecule has 0 radical (unpaired) electrons. The van der Waals surface area contributed by atoms with E-state index in [1.54, 1.807) is 5.56 Å². The molecule has 1 saturated heterocycles. The largest absolute Gasteiger partial charge is 0.466 e. The molecule has 0 amide bonds. The highest BCUT2D eigenvalue weighted by Gasteiger charge is 2.49. The SMILES string of the molecule is CCOC(=O)C1CC1CN1CCN(c2ccccc2C2(C)CCCC(C)C2(C)C)CC1.Cl. The number of piperazine rings is 1. The monoisotopic (exact) mass is 462 g/mol. The van der Waals surface area contributed by atoms with E-state index in [0.29, 0.717) is 12.5 Å².